The van der Waals surface area contributed by atoms with E-state index in [9.17, 15) is 0 Å². The van der Waals surface area contributed by atoms with Gasteiger partial charge in [0.2, 0.25) is 0 Å². The maximum absolute atomic E-state index is 5.03. The summed E-state index contributed by atoms with van der Waals surface area (Å²) in [5.41, 5.74) is 5.02. The first-order valence-electron chi connectivity index (χ1n) is 4.37. The van der Waals surface area contributed by atoms with E-state index in [0.29, 0.717) is 0 Å². The predicted molar refractivity (Wildman–Crippen MR) is 54.2 cm³/mol. The summed E-state index contributed by atoms with van der Waals surface area (Å²) >= 11 is 0. The zero-order valence-corrected chi connectivity index (χ0v) is 7.87. The molecule has 0 bridgehead atoms. The van der Waals surface area contributed by atoms with Crippen molar-refractivity contribution in [3.8, 4) is 0 Å². The molecule has 0 radical (unpaired) electrons. The highest BCUT2D eigenvalue weighted by Gasteiger charge is 2.06. The highest BCUT2D eigenvalue weighted by Crippen LogP contribution is 2.26. The summed E-state index contributed by atoms with van der Waals surface area (Å²) in [5.74, 6) is 0. The number of furan rings is 1. The Morgan fingerprint density at radius 3 is 2.62 bits per heavy atom. The van der Waals surface area contributed by atoms with Crippen molar-refractivity contribution in [1.29, 1.82) is 0 Å². The second-order valence-electron chi connectivity index (χ2n) is 3.40. The van der Waals surface area contributed by atoms with Gasteiger partial charge >= 0.3 is 0 Å². The van der Waals surface area contributed by atoms with E-state index in [2.05, 4.69) is 32.1 Å². The molecule has 0 aromatic carbocycles. The molecule has 0 unspecified atom stereocenters. The lowest BCUT2D eigenvalue weighted by Crippen LogP contribution is -1.73. The first-order valence-corrected chi connectivity index (χ1v) is 4.37. The van der Waals surface area contributed by atoms with E-state index in [-0.39, 0.29) is 0 Å². The normalized spacial score (nSPS) is 14.9. The summed E-state index contributed by atoms with van der Waals surface area (Å²) in [6, 6.07) is 1.98. The zero-order valence-electron chi connectivity index (χ0n) is 7.87. The second kappa shape index (κ2) is 3.09. The average Bonchev–Trinajstić information content (AvgIpc) is 2.75. The Morgan fingerprint density at radius 2 is 2.08 bits per heavy atom. The third-order valence-corrected chi connectivity index (χ3v) is 2.19. The minimum absolute atomic E-state index is 1.15. The van der Waals surface area contributed by atoms with Gasteiger partial charge in [0, 0.05) is 5.56 Å². The number of rotatable bonds is 1. The van der Waals surface area contributed by atoms with Gasteiger partial charge in [-0.1, -0.05) is 17.7 Å². The monoisotopic (exact) mass is 172 g/mol. The fourth-order valence-corrected chi connectivity index (χ4v) is 1.36. The average molecular weight is 172 g/mol. The number of hydrogen-bond donors (Lipinski definition) is 0. The molecule has 1 aliphatic carbocycles. The van der Waals surface area contributed by atoms with Gasteiger partial charge in [0.25, 0.3) is 0 Å². The molecule has 1 aromatic heterocycles. The molecule has 1 nitrogen and oxygen atoms in total. The van der Waals surface area contributed by atoms with Crippen molar-refractivity contribution in [2.24, 2.45) is 0 Å². The molecule has 1 heteroatoms. The molecule has 2 rings (SSSR count). The van der Waals surface area contributed by atoms with Crippen LogP contribution in [-0.4, -0.2) is 0 Å². The minimum Gasteiger partial charge on any atom is -0.472 e. The molecule has 0 amide bonds. The molecule has 0 aliphatic heterocycles. The van der Waals surface area contributed by atoms with Gasteiger partial charge in [-0.3, -0.25) is 0 Å². The van der Waals surface area contributed by atoms with Crippen LogP contribution in [0.15, 0.2) is 52.4 Å². The topological polar surface area (TPSA) is 13.1 Å². The molecule has 1 aromatic rings. The van der Waals surface area contributed by atoms with Crippen LogP contribution in [0.5, 0.6) is 0 Å². The highest BCUT2D eigenvalue weighted by atomic mass is 16.3. The molecular weight excluding hydrogens is 160 g/mol. The lowest BCUT2D eigenvalue weighted by molar-refractivity contribution is 0.566. The molecule has 0 N–H and O–H groups in total. The van der Waals surface area contributed by atoms with Crippen LogP contribution < -0.4 is 0 Å². The maximum Gasteiger partial charge on any atom is 0.0980 e. The van der Waals surface area contributed by atoms with Gasteiger partial charge in [-0.15, -0.1) is 0 Å². The molecule has 0 saturated carbocycles. The lowest BCUT2D eigenvalue weighted by Gasteiger charge is -1.93. The van der Waals surface area contributed by atoms with Crippen molar-refractivity contribution in [3.05, 3.63) is 53.5 Å². The van der Waals surface area contributed by atoms with Crippen molar-refractivity contribution in [1.82, 2.24) is 0 Å². The SMILES string of the molecule is CC(C)=C1C=CC(c2ccoc2)=C1. The van der Waals surface area contributed by atoms with E-state index in [4.69, 9.17) is 4.42 Å². The van der Waals surface area contributed by atoms with Crippen molar-refractivity contribution < 1.29 is 4.42 Å². The molecule has 0 spiro atoms. The van der Waals surface area contributed by atoms with Crippen LogP contribution in [0, 0.1) is 0 Å². The molecule has 0 fully saturated rings. The third kappa shape index (κ3) is 1.50. The Morgan fingerprint density at radius 1 is 1.23 bits per heavy atom. The second-order valence-corrected chi connectivity index (χ2v) is 3.40. The van der Waals surface area contributed by atoms with Crippen LogP contribution >= 0.6 is 0 Å². The van der Waals surface area contributed by atoms with E-state index < -0.39 is 0 Å². The van der Waals surface area contributed by atoms with Crippen LogP contribution in [0.3, 0.4) is 0 Å². The summed E-state index contributed by atoms with van der Waals surface area (Å²) in [5, 5.41) is 0. The molecule has 66 valence electrons. The summed E-state index contributed by atoms with van der Waals surface area (Å²) in [4.78, 5) is 0. The quantitative estimate of drug-likeness (QED) is 0.631. The highest BCUT2D eigenvalue weighted by molar-refractivity contribution is 5.80. The van der Waals surface area contributed by atoms with Crippen LogP contribution in [0.4, 0.5) is 0 Å². The van der Waals surface area contributed by atoms with E-state index >= 15 is 0 Å². The van der Waals surface area contributed by atoms with Crippen molar-refractivity contribution in [2.75, 3.05) is 0 Å². The summed E-state index contributed by atoms with van der Waals surface area (Å²) in [6.07, 6.45) is 9.90. The number of allylic oxidation sites excluding steroid dienone is 6. The predicted octanol–water partition coefficient (Wildman–Crippen LogP) is 3.57. The summed E-state index contributed by atoms with van der Waals surface area (Å²) in [6.45, 7) is 4.24. The van der Waals surface area contributed by atoms with Crippen LogP contribution in [0.25, 0.3) is 5.57 Å². The summed E-state index contributed by atoms with van der Waals surface area (Å²) in [7, 11) is 0. The molecule has 0 saturated heterocycles. The fraction of sp³-hybridized carbons (Fsp3) is 0.167. The molecule has 13 heavy (non-hydrogen) atoms. The van der Waals surface area contributed by atoms with Crippen molar-refractivity contribution in [2.45, 2.75) is 13.8 Å². The van der Waals surface area contributed by atoms with Gasteiger partial charge in [-0.2, -0.15) is 0 Å². The van der Waals surface area contributed by atoms with E-state index in [0.717, 1.165) is 5.56 Å². The van der Waals surface area contributed by atoms with Gasteiger partial charge in [0.15, 0.2) is 0 Å². The Bertz CT molecular complexity index is 385. The zero-order chi connectivity index (χ0) is 9.26. The van der Waals surface area contributed by atoms with Gasteiger partial charge < -0.3 is 4.42 Å². The molecule has 0 atom stereocenters. The largest absolute Gasteiger partial charge is 0.472 e. The number of hydrogen-bond acceptors (Lipinski definition) is 1. The first kappa shape index (κ1) is 8.11. The first-order chi connectivity index (χ1) is 6.27. The van der Waals surface area contributed by atoms with Crippen molar-refractivity contribution in [3.63, 3.8) is 0 Å². The van der Waals surface area contributed by atoms with E-state index in [1.54, 1.807) is 12.5 Å². The van der Waals surface area contributed by atoms with Crippen LogP contribution in [0.1, 0.15) is 19.4 Å². The molecule has 1 aliphatic rings. The van der Waals surface area contributed by atoms with Gasteiger partial charge in [0.05, 0.1) is 12.5 Å². The van der Waals surface area contributed by atoms with Crippen LogP contribution in [0.2, 0.25) is 0 Å². The van der Waals surface area contributed by atoms with E-state index in [1.165, 1.54) is 16.7 Å². The standard InChI is InChI=1S/C12H12O/c1-9(2)10-3-4-11(7-10)12-5-6-13-8-12/h3-8H,1-2H3. The van der Waals surface area contributed by atoms with Gasteiger partial charge in [0.1, 0.15) is 0 Å². The van der Waals surface area contributed by atoms with Crippen molar-refractivity contribution >= 4 is 5.57 Å². The molecular formula is C12H12O. The Hall–Kier alpha value is -1.50. The maximum atomic E-state index is 5.03. The lowest BCUT2D eigenvalue weighted by atomic mass is 10.1. The van der Waals surface area contributed by atoms with Gasteiger partial charge in [-0.25, -0.2) is 0 Å². The van der Waals surface area contributed by atoms with Gasteiger partial charge in [-0.05, 0) is 37.1 Å². The minimum atomic E-state index is 1.15. The Balaban J connectivity index is 2.37. The summed E-state index contributed by atoms with van der Waals surface area (Å²) < 4.78 is 5.03. The molecule has 1 heterocycles. The van der Waals surface area contributed by atoms with Crippen LogP contribution in [-0.2, 0) is 0 Å². The third-order valence-electron chi connectivity index (χ3n) is 2.19. The van der Waals surface area contributed by atoms with E-state index in [1.807, 2.05) is 6.07 Å². The fourth-order valence-electron chi connectivity index (χ4n) is 1.36. The Labute approximate surface area is 78.1 Å². The smallest absolute Gasteiger partial charge is 0.0980 e. The Kier molecular flexibility index (Phi) is 1.93.